The number of likely N-dealkylation sites (N-methyl/N-ethyl adjacent to an activating group) is 4. The van der Waals surface area contributed by atoms with Crippen LogP contribution in [0.15, 0.2) is 109 Å². The molecule has 0 aliphatic heterocycles. The molecule has 0 aromatic heterocycles. The van der Waals surface area contributed by atoms with Crippen LogP contribution >= 0.6 is 0 Å². The van der Waals surface area contributed by atoms with Crippen LogP contribution in [0.1, 0.15) is 87.5 Å². The molecule has 78 heavy (non-hydrogen) atoms. The number of nitrogens with zero attached hydrogens (tertiary/aromatic N) is 4. The van der Waals surface area contributed by atoms with Crippen LogP contribution in [0.2, 0.25) is 0 Å². The summed E-state index contributed by atoms with van der Waals surface area (Å²) in [5.74, 6) is -1.70. The maximum absolute atomic E-state index is 12.3. The number of rotatable bonds is 16. The molecule has 6 rings (SSSR count). The van der Waals surface area contributed by atoms with Gasteiger partial charge in [0.1, 0.15) is 0 Å². The molecule has 0 bridgehead atoms. The molecule has 0 unspecified atom stereocenters. The smallest absolute Gasteiger partial charge is 2.00 e. The topological polar surface area (TPSA) is 299 Å². The van der Waals surface area contributed by atoms with Crippen LogP contribution in [0.3, 0.4) is 0 Å². The van der Waals surface area contributed by atoms with Crippen molar-refractivity contribution in [2.45, 2.75) is 81.6 Å². The van der Waals surface area contributed by atoms with Crippen molar-refractivity contribution in [3.8, 4) is 23.0 Å². The Morgan fingerprint density at radius 3 is 0.692 bits per heavy atom. The summed E-state index contributed by atoms with van der Waals surface area (Å²) in [6.45, 7) is 21.5. The average Bonchev–Trinajstić information content (AvgIpc) is 3.30. The van der Waals surface area contributed by atoms with E-state index in [1.165, 1.54) is 24.3 Å². The first-order valence-corrected chi connectivity index (χ1v) is 23.3. The molecule has 0 spiro atoms. The summed E-state index contributed by atoms with van der Waals surface area (Å²) in [6, 6.07) is 31.8. The van der Waals surface area contributed by atoms with Gasteiger partial charge in [-0.2, -0.15) is 0 Å². The molecule has 0 aliphatic rings. The van der Waals surface area contributed by atoms with Gasteiger partial charge in [-0.25, -0.2) is 0 Å². The molecule has 16 nitrogen and oxygen atoms in total. The fourth-order valence-electron chi connectivity index (χ4n) is 7.95. The third-order valence-electron chi connectivity index (χ3n) is 11.5. The van der Waals surface area contributed by atoms with E-state index in [1.807, 2.05) is 132 Å². The monoisotopic (exact) mass is 1230 g/mol. The Morgan fingerprint density at radius 2 is 0.538 bits per heavy atom. The molecule has 0 saturated carbocycles. The van der Waals surface area contributed by atoms with Crippen molar-refractivity contribution < 1.29 is 132 Å². The molecule has 20 heteroatoms. The molecular weight excluding hydrogens is 1160 g/mol. The third kappa shape index (κ3) is 29.5. The van der Waals surface area contributed by atoms with Gasteiger partial charge in [0.25, 0.3) is 0 Å². The van der Waals surface area contributed by atoms with Gasteiger partial charge in [-0.05, 0) is 117 Å². The number of carbonyl (C=O) groups excluding carboxylic acids is 2. The standard InChI is InChI=1S/2C22H32N2O2.2C7H6O2.2Ni.4O.2V/c2*1-15-9-17(3)21(25)19(11-15)13-23(5)7-8-24(6)14-20-12-16(2)10-18(4)22(20)26;2*8-7(9)6-4-2-1-3-5-6;;;;;;;;/h2*9-12,25-26H,7-8,13-14H2,1-6H3;2*1-5H,(H,8,9);;;;;;;;/q;;;;2*+3;4*-2;2*+4/p-6. The summed E-state index contributed by atoms with van der Waals surface area (Å²) < 4.78 is 0. The second kappa shape index (κ2) is 42.2. The molecule has 0 saturated heterocycles. The van der Waals surface area contributed by atoms with Gasteiger partial charge in [0.15, 0.2) is 0 Å². The summed E-state index contributed by atoms with van der Waals surface area (Å²) in [5.41, 5.74) is 11.6. The first-order chi connectivity index (χ1) is 32.9. The average molecular weight is 1230 g/mol. The van der Waals surface area contributed by atoms with Crippen LogP contribution in [-0.2, 0) is 118 Å². The maximum Gasteiger partial charge on any atom is 4.00 e. The van der Waals surface area contributed by atoms with Gasteiger partial charge >= 0.3 is 70.1 Å². The van der Waals surface area contributed by atoms with E-state index in [-0.39, 0.29) is 126 Å². The Labute approximate surface area is 506 Å². The molecular formula is C58H70N4Ni2O12V2. The summed E-state index contributed by atoms with van der Waals surface area (Å²) in [7, 11) is 8.11. The predicted molar refractivity (Wildman–Crippen MR) is 271 cm³/mol. The fraction of sp³-hybridized carbons (Fsp3) is 0.345. The van der Waals surface area contributed by atoms with Crippen LogP contribution in [-0.4, -0.2) is 85.9 Å². The zero-order chi connectivity index (χ0) is 52.2. The Morgan fingerprint density at radius 1 is 0.359 bits per heavy atom. The molecule has 0 atom stereocenters. The molecule has 6 aromatic carbocycles. The third-order valence-corrected chi connectivity index (χ3v) is 11.5. The Kier molecular flexibility index (Phi) is 45.8. The SMILES string of the molecule is Cc1cc(C)c([O-])c(CN(C)CCN(C)Cc2cc(C)cc(C)c2[O-])c1.Cc1cc(C)c([O-])c(CN(C)CCN(C)Cc2cc(C)cc(C)c2[O-])c1.O=C([O-])c1ccccc1.O=C([O-])c1ccccc1.[Ni+3].[Ni+3].[O-2].[O-2].[O-2].[O-2].[V+4].[V+4]. The number of carbonyl (C=O) groups is 2. The first kappa shape index (κ1) is 84.6. The van der Waals surface area contributed by atoms with Gasteiger partial charge in [0.2, 0.25) is 0 Å². The van der Waals surface area contributed by atoms with Crippen LogP contribution in [0.4, 0.5) is 0 Å². The van der Waals surface area contributed by atoms with E-state index >= 15 is 0 Å². The Bertz CT molecular complexity index is 2350. The van der Waals surface area contributed by atoms with Crippen molar-refractivity contribution in [1.82, 2.24) is 19.6 Å². The zero-order valence-corrected chi connectivity index (χ0v) is 51.0. The minimum absolute atomic E-state index is 0. The molecule has 424 valence electrons. The van der Waals surface area contributed by atoms with Gasteiger partial charge < -0.3 is 81.7 Å². The van der Waals surface area contributed by atoms with Gasteiger partial charge in [0.05, 0.1) is 11.9 Å². The van der Waals surface area contributed by atoms with E-state index in [9.17, 15) is 40.2 Å². The maximum atomic E-state index is 12.3. The van der Waals surface area contributed by atoms with E-state index in [1.54, 1.807) is 36.4 Å². The molecule has 4 radical (unpaired) electrons. The van der Waals surface area contributed by atoms with Crippen molar-refractivity contribution >= 4 is 11.9 Å². The summed E-state index contributed by atoms with van der Waals surface area (Å²) in [4.78, 5) is 28.8. The van der Waals surface area contributed by atoms with Gasteiger partial charge in [-0.1, -0.05) is 154 Å². The van der Waals surface area contributed by atoms with E-state index < -0.39 is 11.9 Å². The van der Waals surface area contributed by atoms with Crippen LogP contribution in [0.25, 0.3) is 0 Å². The number of hydrogen-bond acceptors (Lipinski definition) is 12. The molecule has 0 aliphatic carbocycles. The normalized spacial score (nSPS) is 9.74. The van der Waals surface area contributed by atoms with E-state index in [0.717, 1.165) is 92.9 Å². The van der Waals surface area contributed by atoms with Crippen molar-refractivity contribution in [3.05, 3.63) is 187 Å². The number of carboxylic acids is 2. The number of hydrogen-bond donors (Lipinski definition) is 0. The van der Waals surface area contributed by atoms with Crippen molar-refractivity contribution in [2.75, 3.05) is 54.4 Å². The molecule has 0 amide bonds. The first-order valence-electron chi connectivity index (χ1n) is 23.3. The summed E-state index contributed by atoms with van der Waals surface area (Å²) in [6.07, 6.45) is 0. The fourth-order valence-corrected chi connectivity index (χ4v) is 7.95. The molecule has 0 N–H and O–H groups in total. The Hall–Kier alpha value is -4.70. The number of benzene rings is 6. The minimum atomic E-state index is -1.13. The van der Waals surface area contributed by atoms with Crippen LogP contribution < -0.4 is 30.6 Å². The van der Waals surface area contributed by atoms with Crippen molar-refractivity contribution in [3.63, 3.8) is 0 Å². The number of aromatic carboxylic acids is 2. The van der Waals surface area contributed by atoms with Crippen LogP contribution in [0.5, 0.6) is 23.0 Å². The van der Waals surface area contributed by atoms with Crippen molar-refractivity contribution in [1.29, 1.82) is 0 Å². The van der Waals surface area contributed by atoms with Gasteiger partial charge in [-0.15, -0.1) is 23.0 Å². The number of aryl methyl sites for hydroxylation is 8. The van der Waals surface area contributed by atoms with E-state index in [2.05, 4.69) is 19.6 Å². The predicted octanol–water partition coefficient (Wildman–Crippen LogP) is 4.88. The quantitative estimate of drug-likeness (QED) is 0.117. The molecule has 0 fully saturated rings. The molecule has 0 heterocycles. The summed E-state index contributed by atoms with van der Waals surface area (Å²) in [5, 5.41) is 69.2. The van der Waals surface area contributed by atoms with E-state index in [4.69, 9.17) is 0 Å². The second-order valence-electron chi connectivity index (χ2n) is 18.5. The van der Waals surface area contributed by atoms with Crippen molar-refractivity contribution in [2.24, 2.45) is 0 Å². The van der Waals surface area contributed by atoms with Crippen LogP contribution in [0, 0.1) is 55.4 Å². The van der Waals surface area contributed by atoms with Gasteiger partial charge in [0, 0.05) is 52.4 Å². The largest absolute Gasteiger partial charge is 4.00 e. The molecule has 6 aromatic rings. The minimum Gasteiger partial charge on any atom is -2.00 e. The van der Waals surface area contributed by atoms with Gasteiger partial charge in [-0.3, -0.25) is 0 Å². The number of carboxylic acid groups (broad SMARTS) is 2. The second-order valence-corrected chi connectivity index (χ2v) is 18.5. The zero-order valence-electron chi connectivity index (χ0n) is 46.3. The summed E-state index contributed by atoms with van der Waals surface area (Å²) >= 11 is 0. The van der Waals surface area contributed by atoms with E-state index in [0.29, 0.717) is 26.2 Å². The Balaban J connectivity index is -0.000000234.